The molecule has 5 aromatic rings. The van der Waals surface area contributed by atoms with E-state index in [0.717, 1.165) is 23.2 Å². The van der Waals surface area contributed by atoms with Gasteiger partial charge in [0.25, 0.3) is 0 Å². The summed E-state index contributed by atoms with van der Waals surface area (Å²) in [5, 5.41) is 4.06. The molecule has 3 nitrogen and oxygen atoms in total. The molecule has 1 N–H and O–H groups in total. The Kier molecular flexibility index (Phi) is 4.67. The molecule has 0 radical (unpaired) electrons. The Bertz CT molecular complexity index is 1090. The summed E-state index contributed by atoms with van der Waals surface area (Å²) in [6, 6.07) is 36.6. The van der Waals surface area contributed by atoms with Crippen LogP contribution in [-0.4, -0.2) is 15.0 Å². The van der Waals surface area contributed by atoms with Crippen molar-refractivity contribution in [3.05, 3.63) is 115 Å². The second kappa shape index (κ2) is 7.62. The van der Waals surface area contributed by atoms with Gasteiger partial charge in [0, 0.05) is 6.20 Å². The molecule has 0 unspecified atom stereocenters. The molecule has 0 spiro atoms. The molecule has 3 aromatic carbocycles. The van der Waals surface area contributed by atoms with Gasteiger partial charge < -0.3 is 4.98 Å². The van der Waals surface area contributed by atoms with Crippen molar-refractivity contribution in [3.8, 4) is 0 Å². The molecule has 29 heavy (non-hydrogen) atoms. The number of hydrogen-bond donors (Lipinski definition) is 1. The molecule has 140 valence electrons. The minimum absolute atomic E-state index is 0.773. The summed E-state index contributed by atoms with van der Waals surface area (Å²) in [6.45, 7) is 0. The highest BCUT2D eigenvalue weighted by atomic mass is 31.2. The second-order valence-corrected chi connectivity index (χ2v) is 10.5. The topological polar surface area (TPSA) is 41.6 Å². The molecular formula is C25H21N3P+. The van der Waals surface area contributed by atoms with Gasteiger partial charge in [0.2, 0.25) is 0 Å². The number of nitrogens with zero attached hydrogens (tertiary/aromatic N) is 2. The van der Waals surface area contributed by atoms with Gasteiger partial charge in [0.05, 0.1) is 5.52 Å². The highest BCUT2D eigenvalue weighted by Crippen LogP contribution is 2.57. The molecule has 0 aliphatic rings. The number of nitrogens with one attached hydrogen (secondary N) is 1. The predicted octanol–water partition coefficient (Wildman–Crippen LogP) is 4.45. The lowest BCUT2D eigenvalue weighted by Crippen LogP contribution is -2.32. The predicted molar refractivity (Wildman–Crippen MR) is 123 cm³/mol. The van der Waals surface area contributed by atoms with Crippen LogP contribution < -0.4 is 15.9 Å². The summed E-state index contributed by atoms with van der Waals surface area (Å²) in [5.41, 5.74) is 1.75. The normalized spacial score (nSPS) is 11.6. The van der Waals surface area contributed by atoms with Gasteiger partial charge >= 0.3 is 0 Å². The fourth-order valence-electron chi connectivity index (χ4n) is 3.96. The lowest BCUT2D eigenvalue weighted by atomic mass is 10.4. The molecule has 0 atom stereocenters. The third kappa shape index (κ3) is 3.24. The lowest BCUT2D eigenvalue weighted by Gasteiger charge is -2.26. The smallest absolute Gasteiger partial charge is 0.177 e. The van der Waals surface area contributed by atoms with E-state index in [1.165, 1.54) is 15.9 Å². The number of rotatable bonds is 5. The summed E-state index contributed by atoms with van der Waals surface area (Å²) in [4.78, 5) is 12.8. The van der Waals surface area contributed by atoms with E-state index >= 15 is 0 Å². The number of benzene rings is 3. The molecule has 0 saturated carbocycles. The van der Waals surface area contributed by atoms with Crippen molar-refractivity contribution in [1.82, 2.24) is 15.0 Å². The van der Waals surface area contributed by atoms with E-state index in [1.54, 1.807) is 6.20 Å². The fourth-order valence-corrected chi connectivity index (χ4v) is 8.05. The van der Waals surface area contributed by atoms with Crippen molar-refractivity contribution in [2.24, 2.45) is 0 Å². The Morgan fingerprint density at radius 3 is 1.62 bits per heavy atom. The molecule has 5 rings (SSSR count). The molecule has 0 fully saturated rings. The number of aromatic nitrogens is 3. The van der Waals surface area contributed by atoms with Gasteiger partial charge in [-0.3, -0.25) is 0 Å². The van der Waals surface area contributed by atoms with E-state index in [2.05, 4.69) is 101 Å². The van der Waals surface area contributed by atoms with Crippen molar-refractivity contribution in [2.75, 3.05) is 0 Å². The maximum absolute atomic E-state index is 4.84. The van der Waals surface area contributed by atoms with E-state index in [9.17, 15) is 0 Å². The van der Waals surface area contributed by atoms with Crippen LogP contribution in [0, 0.1) is 0 Å². The first-order valence-electron chi connectivity index (χ1n) is 9.71. The molecule has 2 aromatic heterocycles. The van der Waals surface area contributed by atoms with Gasteiger partial charge in [-0.1, -0.05) is 54.6 Å². The lowest BCUT2D eigenvalue weighted by molar-refractivity contribution is 1.12. The highest BCUT2D eigenvalue weighted by molar-refractivity contribution is 7.95. The fraction of sp³-hybridized carbons (Fsp3) is 0.0400. The average molecular weight is 394 g/mol. The Labute approximate surface area is 170 Å². The van der Waals surface area contributed by atoms with Crippen molar-refractivity contribution in [2.45, 2.75) is 6.16 Å². The van der Waals surface area contributed by atoms with Gasteiger partial charge in [0.1, 0.15) is 35.2 Å². The standard InChI is InChI=1S/C25H21N3P/c1-4-11-20(12-5-1)29(21-13-6-2-7-14-21,22-15-8-3-9-16-22)19-24-27-23-17-10-18-26-25(23)28-24/h1-18H,19H2,(H,26,27,28)/q+1. The second-order valence-electron chi connectivity index (χ2n) is 7.03. The van der Waals surface area contributed by atoms with Crippen LogP contribution in [0.25, 0.3) is 11.2 Å². The number of pyridine rings is 1. The largest absolute Gasteiger partial charge is 0.337 e. The van der Waals surface area contributed by atoms with Gasteiger partial charge in [-0.25, -0.2) is 9.97 Å². The molecule has 0 amide bonds. The molecular weight excluding hydrogens is 373 g/mol. The Balaban J connectivity index is 1.77. The van der Waals surface area contributed by atoms with E-state index in [4.69, 9.17) is 4.98 Å². The van der Waals surface area contributed by atoms with Crippen LogP contribution in [0.5, 0.6) is 0 Å². The first-order valence-corrected chi connectivity index (χ1v) is 11.7. The maximum atomic E-state index is 4.84. The summed E-state index contributed by atoms with van der Waals surface area (Å²) < 4.78 is 0. The first-order chi connectivity index (χ1) is 14.4. The number of aromatic amines is 1. The SMILES string of the molecule is c1ccc([P+](Cc2nc3ncccc3[nH]2)(c2ccccc2)c2ccccc2)cc1. The van der Waals surface area contributed by atoms with Gasteiger partial charge in [-0.05, 0) is 48.5 Å². The Morgan fingerprint density at radius 2 is 1.14 bits per heavy atom. The number of hydrogen-bond acceptors (Lipinski definition) is 2. The van der Waals surface area contributed by atoms with Crippen LogP contribution in [0.2, 0.25) is 0 Å². The minimum Gasteiger partial charge on any atom is -0.337 e. The summed E-state index contributed by atoms with van der Waals surface area (Å²) in [7, 11) is -1.95. The van der Waals surface area contributed by atoms with Gasteiger partial charge in [-0.2, -0.15) is 0 Å². The quantitative estimate of drug-likeness (QED) is 0.448. The van der Waals surface area contributed by atoms with Crippen LogP contribution in [-0.2, 0) is 6.16 Å². The average Bonchev–Trinajstić information content (AvgIpc) is 3.22. The van der Waals surface area contributed by atoms with E-state index in [-0.39, 0.29) is 0 Å². The zero-order valence-electron chi connectivity index (χ0n) is 15.9. The zero-order valence-corrected chi connectivity index (χ0v) is 16.8. The number of H-pyrrole nitrogens is 1. The molecule has 4 heteroatoms. The molecule has 0 aliphatic carbocycles. The van der Waals surface area contributed by atoms with Crippen molar-refractivity contribution >= 4 is 34.3 Å². The summed E-state index contributed by atoms with van der Waals surface area (Å²) in [6.07, 6.45) is 2.61. The Hall–Kier alpha value is -3.29. The number of fused-ring (bicyclic) bond motifs is 1. The maximum Gasteiger partial charge on any atom is 0.177 e. The first kappa shape index (κ1) is 17.8. The summed E-state index contributed by atoms with van der Waals surface area (Å²) in [5.74, 6) is 0.976. The van der Waals surface area contributed by atoms with Crippen LogP contribution in [0.1, 0.15) is 5.82 Å². The van der Waals surface area contributed by atoms with Crippen molar-refractivity contribution < 1.29 is 0 Å². The molecule has 0 aliphatic heterocycles. The molecule has 2 heterocycles. The Morgan fingerprint density at radius 1 is 0.621 bits per heavy atom. The van der Waals surface area contributed by atoms with Gasteiger partial charge in [0.15, 0.2) is 5.65 Å². The summed E-state index contributed by atoms with van der Waals surface area (Å²) >= 11 is 0. The zero-order chi connectivity index (χ0) is 19.5. The highest BCUT2D eigenvalue weighted by Gasteiger charge is 2.46. The molecule has 0 saturated heterocycles. The van der Waals surface area contributed by atoms with E-state index in [1.807, 2.05) is 12.1 Å². The third-order valence-electron chi connectivity index (χ3n) is 5.28. The van der Waals surface area contributed by atoms with Crippen LogP contribution >= 0.6 is 7.26 Å². The van der Waals surface area contributed by atoms with Crippen LogP contribution in [0.3, 0.4) is 0 Å². The molecule has 0 bridgehead atoms. The minimum atomic E-state index is -1.95. The van der Waals surface area contributed by atoms with Crippen LogP contribution in [0.4, 0.5) is 0 Å². The van der Waals surface area contributed by atoms with E-state index < -0.39 is 7.26 Å². The van der Waals surface area contributed by atoms with Crippen molar-refractivity contribution in [1.29, 1.82) is 0 Å². The number of imidazole rings is 1. The van der Waals surface area contributed by atoms with Crippen molar-refractivity contribution in [3.63, 3.8) is 0 Å². The monoisotopic (exact) mass is 394 g/mol. The third-order valence-corrected chi connectivity index (χ3v) is 9.60. The van der Waals surface area contributed by atoms with Crippen LogP contribution in [0.15, 0.2) is 109 Å². The van der Waals surface area contributed by atoms with E-state index in [0.29, 0.717) is 0 Å². The van der Waals surface area contributed by atoms with Gasteiger partial charge in [-0.15, -0.1) is 0 Å².